The highest BCUT2D eigenvalue weighted by Crippen LogP contribution is 2.43. The van der Waals surface area contributed by atoms with Crippen molar-refractivity contribution in [3.63, 3.8) is 0 Å². The van der Waals surface area contributed by atoms with Crippen molar-refractivity contribution in [1.82, 2.24) is 15.6 Å². The van der Waals surface area contributed by atoms with Gasteiger partial charge in [-0.2, -0.15) is 5.26 Å². The van der Waals surface area contributed by atoms with E-state index in [9.17, 15) is 32.8 Å². The van der Waals surface area contributed by atoms with E-state index in [1.165, 1.54) is 36.5 Å². The highest BCUT2D eigenvalue weighted by molar-refractivity contribution is 6.07. The van der Waals surface area contributed by atoms with Crippen LogP contribution in [-0.2, 0) is 19.9 Å². The Balaban J connectivity index is 1.56. The Labute approximate surface area is 227 Å². The lowest BCUT2D eigenvalue weighted by molar-refractivity contribution is -0.136. The van der Waals surface area contributed by atoms with Gasteiger partial charge in [0.2, 0.25) is 11.8 Å². The molecule has 204 valence electrons. The standard InChI is InChI=1S/C29H24F3N5O3/c30-21-8-4-7-20(14-21)29(11-9-24(38)37(29)23-13-18(17-33)10-12-34-23)27(40)36-25(19-5-2-1-3-6-19)26(39)35-22-15-28(31,32)16-22/h1-8,10,12-14,22,25H,9,11,15-16H2,(H,35,39)(H,36,40)/t25-,29-/m0/s1. The molecule has 11 heteroatoms. The lowest BCUT2D eigenvalue weighted by Gasteiger charge is -2.39. The minimum atomic E-state index is -2.86. The summed E-state index contributed by atoms with van der Waals surface area (Å²) in [4.78, 5) is 46.3. The van der Waals surface area contributed by atoms with Crippen LogP contribution in [0.3, 0.4) is 0 Å². The number of hydrogen-bond acceptors (Lipinski definition) is 5. The largest absolute Gasteiger partial charge is 0.351 e. The van der Waals surface area contributed by atoms with Gasteiger partial charge in [-0.05, 0) is 41.8 Å². The number of nitriles is 1. The molecule has 2 fully saturated rings. The van der Waals surface area contributed by atoms with Crippen molar-refractivity contribution in [1.29, 1.82) is 5.26 Å². The summed E-state index contributed by atoms with van der Waals surface area (Å²) in [5.41, 5.74) is -1.10. The van der Waals surface area contributed by atoms with Crippen molar-refractivity contribution < 1.29 is 27.6 Å². The van der Waals surface area contributed by atoms with E-state index in [1.807, 2.05) is 6.07 Å². The molecule has 2 heterocycles. The molecule has 3 aromatic rings. The van der Waals surface area contributed by atoms with Gasteiger partial charge in [0.1, 0.15) is 17.7 Å². The number of hydrogen-bond donors (Lipinski definition) is 2. The molecule has 0 bridgehead atoms. The van der Waals surface area contributed by atoms with Crippen LogP contribution in [0.25, 0.3) is 0 Å². The Hall–Kier alpha value is -4.72. The molecule has 2 atom stereocenters. The maximum atomic E-state index is 14.5. The number of nitrogens with zero attached hydrogens (tertiary/aromatic N) is 3. The molecule has 3 amide bonds. The molecule has 1 saturated heterocycles. The zero-order valence-corrected chi connectivity index (χ0v) is 21.1. The van der Waals surface area contributed by atoms with Crippen LogP contribution in [0.4, 0.5) is 19.0 Å². The molecule has 0 unspecified atom stereocenters. The average Bonchev–Trinajstić information content (AvgIpc) is 3.29. The average molecular weight is 548 g/mol. The van der Waals surface area contributed by atoms with Gasteiger partial charge in [0.15, 0.2) is 5.54 Å². The smallest absolute Gasteiger partial charge is 0.252 e. The van der Waals surface area contributed by atoms with E-state index in [0.717, 1.165) is 11.0 Å². The predicted molar refractivity (Wildman–Crippen MR) is 137 cm³/mol. The van der Waals surface area contributed by atoms with Gasteiger partial charge in [-0.3, -0.25) is 19.3 Å². The van der Waals surface area contributed by atoms with Crippen LogP contribution in [0.5, 0.6) is 0 Å². The predicted octanol–water partition coefficient (Wildman–Crippen LogP) is 3.89. The van der Waals surface area contributed by atoms with E-state index >= 15 is 0 Å². The third kappa shape index (κ3) is 5.00. The first-order valence-electron chi connectivity index (χ1n) is 12.6. The monoisotopic (exact) mass is 547 g/mol. The molecule has 1 aliphatic carbocycles. The number of carbonyl (C=O) groups is 3. The zero-order chi connectivity index (χ0) is 28.5. The molecule has 40 heavy (non-hydrogen) atoms. The number of benzene rings is 2. The third-order valence-corrected chi connectivity index (χ3v) is 7.22. The summed E-state index contributed by atoms with van der Waals surface area (Å²) in [6.45, 7) is 0. The number of rotatable bonds is 7. The van der Waals surface area contributed by atoms with E-state index in [2.05, 4.69) is 15.6 Å². The number of amides is 3. The first kappa shape index (κ1) is 26.9. The second-order valence-electron chi connectivity index (χ2n) is 9.90. The number of aromatic nitrogens is 1. The van der Waals surface area contributed by atoms with Gasteiger partial charge in [0.25, 0.3) is 11.8 Å². The van der Waals surface area contributed by atoms with Crippen molar-refractivity contribution >= 4 is 23.5 Å². The lowest BCUT2D eigenvalue weighted by atomic mass is 9.85. The van der Waals surface area contributed by atoms with E-state index in [0.29, 0.717) is 5.56 Å². The van der Waals surface area contributed by atoms with Gasteiger partial charge in [-0.15, -0.1) is 0 Å². The zero-order valence-electron chi connectivity index (χ0n) is 21.1. The Kier molecular flexibility index (Phi) is 7.02. The molecule has 2 aromatic carbocycles. The maximum absolute atomic E-state index is 14.5. The van der Waals surface area contributed by atoms with E-state index in [4.69, 9.17) is 0 Å². The summed E-state index contributed by atoms with van der Waals surface area (Å²) in [6.07, 6.45) is 0.136. The van der Waals surface area contributed by atoms with Gasteiger partial charge >= 0.3 is 0 Å². The van der Waals surface area contributed by atoms with Gasteiger partial charge in [-0.1, -0.05) is 42.5 Å². The number of anilines is 1. The molecule has 2 aliphatic rings. The van der Waals surface area contributed by atoms with Crippen molar-refractivity contribution in [3.8, 4) is 6.07 Å². The molecule has 8 nitrogen and oxygen atoms in total. The molecule has 2 N–H and O–H groups in total. The minimum Gasteiger partial charge on any atom is -0.351 e. The van der Waals surface area contributed by atoms with Crippen LogP contribution >= 0.6 is 0 Å². The SMILES string of the molecule is N#Cc1ccnc(N2C(=O)CC[C@@]2(C(=O)N[C@H](C(=O)NC2CC(F)(F)C2)c2ccccc2)c2cccc(F)c2)c1. The number of alkyl halides is 2. The molecular formula is C29H24F3N5O3. The molecular weight excluding hydrogens is 523 g/mol. The van der Waals surface area contributed by atoms with Crippen LogP contribution in [0.1, 0.15) is 48.4 Å². The molecule has 1 saturated carbocycles. The fraction of sp³-hybridized carbons (Fsp3) is 0.276. The number of nitrogens with one attached hydrogen (secondary N) is 2. The Bertz CT molecular complexity index is 1500. The van der Waals surface area contributed by atoms with E-state index in [-0.39, 0.29) is 29.8 Å². The second kappa shape index (κ2) is 10.4. The van der Waals surface area contributed by atoms with E-state index < -0.39 is 59.9 Å². The number of pyridine rings is 1. The highest BCUT2D eigenvalue weighted by Gasteiger charge is 2.55. The highest BCUT2D eigenvalue weighted by atomic mass is 19.3. The summed E-state index contributed by atoms with van der Waals surface area (Å²) in [7, 11) is 0. The molecule has 0 radical (unpaired) electrons. The van der Waals surface area contributed by atoms with E-state index in [1.54, 1.807) is 30.3 Å². The quantitative estimate of drug-likeness (QED) is 0.466. The van der Waals surface area contributed by atoms with Crippen molar-refractivity contribution in [2.24, 2.45) is 0 Å². The Morgan fingerprint density at radius 3 is 2.50 bits per heavy atom. The molecule has 1 aliphatic heterocycles. The summed E-state index contributed by atoms with van der Waals surface area (Å²) in [6, 6.07) is 16.2. The van der Waals surface area contributed by atoms with Gasteiger partial charge in [0.05, 0.1) is 11.6 Å². The first-order chi connectivity index (χ1) is 19.1. The Morgan fingerprint density at radius 1 is 1.07 bits per heavy atom. The van der Waals surface area contributed by atoms with Crippen LogP contribution in [0, 0.1) is 17.1 Å². The van der Waals surface area contributed by atoms with Crippen LogP contribution < -0.4 is 15.5 Å². The van der Waals surface area contributed by atoms with Gasteiger partial charge in [0, 0.05) is 31.5 Å². The van der Waals surface area contributed by atoms with Crippen LogP contribution in [0.15, 0.2) is 72.9 Å². The normalized spacial score (nSPS) is 20.8. The second-order valence-corrected chi connectivity index (χ2v) is 9.90. The van der Waals surface area contributed by atoms with Crippen molar-refractivity contribution in [2.45, 2.75) is 49.2 Å². The molecule has 1 aromatic heterocycles. The summed E-state index contributed by atoms with van der Waals surface area (Å²) >= 11 is 0. The van der Waals surface area contributed by atoms with Gasteiger partial charge in [-0.25, -0.2) is 18.2 Å². The van der Waals surface area contributed by atoms with Crippen molar-refractivity contribution in [2.75, 3.05) is 4.90 Å². The number of carbonyl (C=O) groups excluding carboxylic acids is 3. The van der Waals surface area contributed by atoms with Crippen LogP contribution in [0.2, 0.25) is 0 Å². The summed E-state index contributed by atoms with van der Waals surface area (Å²) in [5.74, 6) is -5.48. The Morgan fingerprint density at radius 2 is 1.82 bits per heavy atom. The summed E-state index contributed by atoms with van der Waals surface area (Å²) in [5, 5.41) is 14.7. The lowest BCUT2D eigenvalue weighted by Crippen LogP contribution is -2.58. The number of halogens is 3. The van der Waals surface area contributed by atoms with Crippen LogP contribution in [-0.4, -0.2) is 34.7 Å². The van der Waals surface area contributed by atoms with Gasteiger partial charge < -0.3 is 10.6 Å². The maximum Gasteiger partial charge on any atom is 0.252 e. The van der Waals surface area contributed by atoms with Crippen molar-refractivity contribution in [3.05, 3.63) is 95.4 Å². The fourth-order valence-electron chi connectivity index (χ4n) is 5.27. The molecule has 5 rings (SSSR count). The fourth-order valence-corrected chi connectivity index (χ4v) is 5.27. The third-order valence-electron chi connectivity index (χ3n) is 7.22. The summed E-state index contributed by atoms with van der Waals surface area (Å²) < 4.78 is 41.3. The molecule has 0 spiro atoms. The first-order valence-corrected chi connectivity index (χ1v) is 12.6. The topological polar surface area (TPSA) is 115 Å². The minimum absolute atomic E-state index is 0.0124.